The van der Waals surface area contributed by atoms with E-state index in [1.807, 2.05) is 0 Å². The van der Waals surface area contributed by atoms with Crippen molar-refractivity contribution in [3.8, 4) is 0 Å². The van der Waals surface area contributed by atoms with Crippen molar-refractivity contribution in [1.29, 1.82) is 0 Å². The number of carbonyl (C=O) groups is 3. The van der Waals surface area contributed by atoms with Crippen LogP contribution < -0.4 is 5.32 Å². The summed E-state index contributed by atoms with van der Waals surface area (Å²) in [6.07, 6.45) is 0. The van der Waals surface area contributed by atoms with Crippen LogP contribution in [0.2, 0.25) is 0 Å². The predicted molar refractivity (Wildman–Crippen MR) is 58.0 cm³/mol. The van der Waals surface area contributed by atoms with Gasteiger partial charge in [0.1, 0.15) is 6.04 Å². The summed E-state index contributed by atoms with van der Waals surface area (Å²) in [6, 6.07) is 4.52. The number of aliphatic carboxylic acids is 1. The molecule has 0 aliphatic rings. The van der Waals surface area contributed by atoms with Gasteiger partial charge in [-0.3, -0.25) is 9.59 Å². The Labute approximate surface area is 96.9 Å². The zero-order valence-corrected chi connectivity index (χ0v) is 9.01. The molecule has 0 saturated carbocycles. The van der Waals surface area contributed by atoms with Gasteiger partial charge in [-0.2, -0.15) is 0 Å². The van der Waals surface area contributed by atoms with Gasteiger partial charge in [-0.15, -0.1) is 0 Å². The fourth-order valence-electron chi connectivity index (χ4n) is 1.20. The lowest BCUT2D eigenvalue weighted by molar-refractivity contribution is -0.138. The van der Waals surface area contributed by atoms with Crippen LogP contribution in [-0.4, -0.2) is 34.1 Å². The van der Waals surface area contributed by atoms with Crippen molar-refractivity contribution < 1.29 is 24.6 Å². The van der Waals surface area contributed by atoms with Crippen molar-refractivity contribution in [1.82, 2.24) is 5.32 Å². The number of benzene rings is 1. The van der Waals surface area contributed by atoms with Crippen LogP contribution in [0.15, 0.2) is 24.3 Å². The number of aromatic carboxylic acids is 1. The summed E-state index contributed by atoms with van der Waals surface area (Å²) in [7, 11) is 0. The normalized spacial score (nSPS) is 11.6. The number of carbonyl (C=O) groups excluding carboxylic acids is 1. The van der Waals surface area contributed by atoms with Gasteiger partial charge in [0.15, 0.2) is 0 Å². The molecule has 1 unspecified atom stereocenters. The molecule has 0 fully saturated rings. The Morgan fingerprint density at radius 3 is 2.12 bits per heavy atom. The molecule has 90 valence electrons. The minimum Gasteiger partial charge on any atom is -0.480 e. The fraction of sp³-hybridized carbons (Fsp3) is 0.182. The van der Waals surface area contributed by atoms with E-state index in [0.29, 0.717) is 0 Å². The van der Waals surface area contributed by atoms with Crippen molar-refractivity contribution in [2.24, 2.45) is 0 Å². The van der Waals surface area contributed by atoms with Gasteiger partial charge >= 0.3 is 11.9 Å². The third-order valence-corrected chi connectivity index (χ3v) is 2.12. The zero-order chi connectivity index (χ0) is 13.0. The molecule has 1 amide bonds. The molecule has 1 rings (SSSR count). The molecular formula is C11H11NO5. The average molecular weight is 237 g/mol. The summed E-state index contributed by atoms with van der Waals surface area (Å²) < 4.78 is 0. The first-order valence-electron chi connectivity index (χ1n) is 4.79. The SMILES string of the molecule is CC(NC(=O)c1ccccc1C(=O)O)C(=O)O. The second kappa shape index (κ2) is 5.11. The van der Waals surface area contributed by atoms with Gasteiger partial charge in [-0.05, 0) is 19.1 Å². The maximum Gasteiger partial charge on any atom is 0.336 e. The molecule has 1 aromatic rings. The van der Waals surface area contributed by atoms with Crippen molar-refractivity contribution in [2.75, 3.05) is 0 Å². The molecule has 1 aromatic carbocycles. The average Bonchev–Trinajstić information content (AvgIpc) is 2.28. The number of rotatable bonds is 4. The van der Waals surface area contributed by atoms with E-state index in [1.165, 1.54) is 31.2 Å². The van der Waals surface area contributed by atoms with Gasteiger partial charge < -0.3 is 15.5 Å². The van der Waals surface area contributed by atoms with Gasteiger partial charge in [0.25, 0.3) is 5.91 Å². The van der Waals surface area contributed by atoms with Gasteiger partial charge in [0, 0.05) is 0 Å². The molecule has 1 atom stereocenters. The van der Waals surface area contributed by atoms with Gasteiger partial charge in [0.05, 0.1) is 11.1 Å². The lowest BCUT2D eigenvalue weighted by atomic mass is 10.1. The van der Waals surface area contributed by atoms with Crippen molar-refractivity contribution in [3.05, 3.63) is 35.4 Å². The van der Waals surface area contributed by atoms with E-state index in [1.54, 1.807) is 0 Å². The van der Waals surface area contributed by atoms with Gasteiger partial charge in [-0.1, -0.05) is 12.1 Å². The summed E-state index contributed by atoms with van der Waals surface area (Å²) >= 11 is 0. The highest BCUT2D eigenvalue weighted by Gasteiger charge is 2.19. The smallest absolute Gasteiger partial charge is 0.336 e. The summed E-state index contributed by atoms with van der Waals surface area (Å²) in [4.78, 5) is 33.1. The molecule has 0 aromatic heterocycles. The van der Waals surface area contributed by atoms with Crippen molar-refractivity contribution in [3.63, 3.8) is 0 Å². The van der Waals surface area contributed by atoms with E-state index in [4.69, 9.17) is 10.2 Å². The molecule has 6 heteroatoms. The van der Waals surface area contributed by atoms with E-state index in [9.17, 15) is 14.4 Å². The number of hydrogen-bond acceptors (Lipinski definition) is 3. The van der Waals surface area contributed by atoms with E-state index < -0.39 is 23.9 Å². The van der Waals surface area contributed by atoms with E-state index in [-0.39, 0.29) is 11.1 Å². The minimum absolute atomic E-state index is 0.0619. The van der Waals surface area contributed by atoms with Crippen molar-refractivity contribution >= 4 is 17.8 Å². The Bertz CT molecular complexity index is 469. The van der Waals surface area contributed by atoms with Gasteiger partial charge in [0.2, 0.25) is 0 Å². The lowest BCUT2D eigenvalue weighted by Gasteiger charge is -2.10. The quantitative estimate of drug-likeness (QED) is 0.710. The zero-order valence-electron chi connectivity index (χ0n) is 9.01. The molecule has 0 spiro atoms. The molecule has 6 nitrogen and oxygen atoms in total. The summed E-state index contributed by atoms with van der Waals surface area (Å²) in [5, 5.41) is 19.7. The standard InChI is InChI=1S/C11H11NO5/c1-6(10(14)15)12-9(13)7-4-2-3-5-8(7)11(16)17/h2-6H,1H3,(H,12,13)(H,14,15)(H,16,17). The van der Waals surface area contributed by atoms with Crippen LogP contribution in [0.4, 0.5) is 0 Å². The second-order valence-electron chi connectivity index (χ2n) is 3.38. The van der Waals surface area contributed by atoms with E-state index in [2.05, 4.69) is 5.32 Å². The molecule has 0 radical (unpaired) electrons. The Kier molecular flexibility index (Phi) is 3.82. The summed E-state index contributed by atoms with van der Waals surface area (Å²) in [5.41, 5.74) is -0.226. The highest BCUT2D eigenvalue weighted by molar-refractivity contribution is 6.05. The first kappa shape index (κ1) is 12.7. The molecule has 3 N–H and O–H groups in total. The number of hydrogen-bond donors (Lipinski definition) is 3. The molecule has 0 bridgehead atoms. The maximum absolute atomic E-state index is 11.6. The van der Waals surface area contributed by atoms with Crippen LogP contribution in [-0.2, 0) is 4.79 Å². The highest BCUT2D eigenvalue weighted by atomic mass is 16.4. The number of carboxylic acids is 2. The van der Waals surface area contributed by atoms with Crippen molar-refractivity contribution in [2.45, 2.75) is 13.0 Å². The molecule has 0 aliphatic carbocycles. The third-order valence-electron chi connectivity index (χ3n) is 2.12. The fourth-order valence-corrected chi connectivity index (χ4v) is 1.20. The monoisotopic (exact) mass is 237 g/mol. The lowest BCUT2D eigenvalue weighted by Crippen LogP contribution is -2.38. The number of amides is 1. The van der Waals surface area contributed by atoms with Crippen LogP contribution in [0.3, 0.4) is 0 Å². The number of nitrogens with one attached hydrogen (secondary N) is 1. The Morgan fingerprint density at radius 1 is 1.12 bits per heavy atom. The van der Waals surface area contributed by atoms with E-state index >= 15 is 0 Å². The molecule has 0 aliphatic heterocycles. The Morgan fingerprint density at radius 2 is 1.65 bits per heavy atom. The Balaban J connectivity index is 2.97. The maximum atomic E-state index is 11.6. The topological polar surface area (TPSA) is 104 Å². The molecule has 0 saturated heterocycles. The second-order valence-corrected chi connectivity index (χ2v) is 3.38. The first-order chi connectivity index (χ1) is 7.93. The Hall–Kier alpha value is -2.37. The summed E-state index contributed by atoms with van der Waals surface area (Å²) in [6.45, 7) is 1.30. The van der Waals surface area contributed by atoms with Crippen LogP contribution in [0.1, 0.15) is 27.6 Å². The number of carboxylic acid groups (broad SMARTS) is 2. The van der Waals surface area contributed by atoms with Crippen LogP contribution in [0.25, 0.3) is 0 Å². The summed E-state index contributed by atoms with van der Waals surface area (Å²) in [5.74, 6) is -3.15. The molecule has 0 heterocycles. The van der Waals surface area contributed by atoms with Gasteiger partial charge in [-0.25, -0.2) is 4.79 Å². The highest BCUT2D eigenvalue weighted by Crippen LogP contribution is 2.08. The van der Waals surface area contributed by atoms with Crippen LogP contribution in [0, 0.1) is 0 Å². The predicted octanol–water partition coefficient (Wildman–Crippen LogP) is 0.588. The first-order valence-corrected chi connectivity index (χ1v) is 4.79. The van der Waals surface area contributed by atoms with E-state index in [0.717, 1.165) is 0 Å². The largest absolute Gasteiger partial charge is 0.480 e. The third kappa shape index (κ3) is 3.04. The molecular weight excluding hydrogens is 226 g/mol. The molecule has 17 heavy (non-hydrogen) atoms. The van der Waals surface area contributed by atoms with Crippen LogP contribution >= 0.6 is 0 Å². The van der Waals surface area contributed by atoms with Crippen LogP contribution in [0.5, 0.6) is 0 Å². The minimum atomic E-state index is -1.24.